The molecule has 0 aliphatic carbocycles. The minimum Gasteiger partial charge on any atom is -0.587 e. The molecule has 5 nitrogen and oxygen atoms in total. The molecule has 160 valence electrons. The molecule has 0 radical (unpaired) electrons. The smallest absolute Gasteiger partial charge is 0.190 e. The first-order valence-electron chi connectivity index (χ1n) is 10.3. The number of anilines is 1. The van der Waals surface area contributed by atoms with E-state index in [0.29, 0.717) is 5.02 Å². The van der Waals surface area contributed by atoms with Crippen LogP contribution in [0.2, 0.25) is 5.02 Å². The van der Waals surface area contributed by atoms with Crippen molar-refractivity contribution in [2.45, 2.75) is 11.8 Å². The van der Waals surface area contributed by atoms with Crippen molar-refractivity contribution in [2.24, 2.45) is 0 Å². The zero-order valence-electron chi connectivity index (χ0n) is 17.5. The molecule has 1 fully saturated rings. The lowest BCUT2D eigenvalue weighted by atomic mass is 10.1. The lowest BCUT2D eigenvalue weighted by Crippen LogP contribution is -2.43. The maximum Gasteiger partial charge on any atom is 0.190 e. The number of fused-ring (bicyclic) bond motifs is 2. The molecule has 1 atom stereocenters. The fraction of sp³-hybridized carbons (Fsp3) is 0.250. The Morgan fingerprint density at radius 2 is 1.77 bits per heavy atom. The summed E-state index contributed by atoms with van der Waals surface area (Å²) in [6.45, 7) is 5.61. The van der Waals surface area contributed by atoms with Gasteiger partial charge in [-0.15, -0.1) is 0 Å². The minimum atomic E-state index is -1.45. The maximum absolute atomic E-state index is 14.0. The number of nitrogens with zero attached hydrogens (tertiary/aromatic N) is 2. The van der Waals surface area contributed by atoms with Crippen LogP contribution in [0, 0.1) is 6.92 Å². The van der Waals surface area contributed by atoms with E-state index in [9.17, 15) is 4.55 Å². The SMILES string of the molecule is COc1c(N2CCNCC2)cc([S+]([O-])n2cc(C)c3ccc(Cl)cc32)c2ccccc12. The quantitative estimate of drug-likeness (QED) is 0.453. The molecule has 3 aromatic carbocycles. The molecule has 2 heterocycles. The van der Waals surface area contributed by atoms with Crippen molar-refractivity contribution in [3.8, 4) is 5.75 Å². The van der Waals surface area contributed by atoms with Crippen molar-refractivity contribution in [1.29, 1.82) is 0 Å². The number of ether oxygens (including phenoxy) is 1. The standard InChI is InChI=1S/C24H24ClN3O2S/c1-16-15-28(21-13-17(25)7-8-18(16)21)31(29)23-14-22(27-11-9-26-10-12-27)24(30-2)20-6-4-3-5-19(20)23/h3-8,13-15,26H,9-12H2,1-2H3. The number of hydrogen-bond acceptors (Lipinski definition) is 4. The van der Waals surface area contributed by atoms with Crippen LogP contribution in [0.1, 0.15) is 5.56 Å². The largest absolute Gasteiger partial charge is 0.587 e. The van der Waals surface area contributed by atoms with E-state index in [1.54, 1.807) is 7.11 Å². The van der Waals surface area contributed by atoms with Crippen LogP contribution >= 0.6 is 11.6 Å². The number of aryl methyl sites for hydroxylation is 1. The van der Waals surface area contributed by atoms with Crippen LogP contribution < -0.4 is 15.0 Å². The Morgan fingerprint density at radius 1 is 1.03 bits per heavy atom. The second kappa shape index (κ2) is 8.28. The molecular weight excluding hydrogens is 430 g/mol. The van der Waals surface area contributed by atoms with Crippen LogP contribution in [0.5, 0.6) is 5.75 Å². The summed E-state index contributed by atoms with van der Waals surface area (Å²) in [7, 11) is 1.70. The molecule has 1 aliphatic heterocycles. The van der Waals surface area contributed by atoms with Crippen molar-refractivity contribution in [3.63, 3.8) is 0 Å². The summed E-state index contributed by atoms with van der Waals surface area (Å²) in [6.07, 6.45) is 1.95. The molecule has 7 heteroatoms. The second-order valence-electron chi connectivity index (χ2n) is 7.76. The van der Waals surface area contributed by atoms with E-state index in [1.165, 1.54) is 0 Å². The average molecular weight is 454 g/mol. The summed E-state index contributed by atoms with van der Waals surface area (Å²) >= 11 is 4.82. The highest BCUT2D eigenvalue weighted by atomic mass is 35.5. The predicted molar refractivity (Wildman–Crippen MR) is 129 cm³/mol. The number of rotatable bonds is 4. The average Bonchev–Trinajstić information content (AvgIpc) is 3.13. The summed E-state index contributed by atoms with van der Waals surface area (Å²) < 4.78 is 21.7. The van der Waals surface area contributed by atoms with Gasteiger partial charge in [0.15, 0.2) is 4.90 Å². The molecule has 1 aliphatic rings. The Hall–Kier alpha value is -2.38. The Kier molecular flexibility index (Phi) is 5.48. The normalized spacial score (nSPS) is 15.5. The second-order valence-corrected chi connectivity index (χ2v) is 9.53. The minimum absolute atomic E-state index is 0.630. The topological polar surface area (TPSA) is 52.5 Å². The zero-order valence-corrected chi connectivity index (χ0v) is 19.1. The zero-order chi connectivity index (χ0) is 21.5. The number of piperazine rings is 1. The van der Waals surface area contributed by atoms with Crippen LogP contribution in [-0.2, 0) is 11.4 Å². The number of benzene rings is 3. The fourth-order valence-corrected chi connectivity index (χ4v) is 5.92. The van der Waals surface area contributed by atoms with Crippen molar-refractivity contribution in [2.75, 3.05) is 38.2 Å². The van der Waals surface area contributed by atoms with Crippen LogP contribution in [-0.4, -0.2) is 41.8 Å². The van der Waals surface area contributed by atoms with Crippen LogP contribution in [0.25, 0.3) is 21.7 Å². The molecule has 1 N–H and O–H groups in total. The molecule has 1 aromatic heterocycles. The number of halogens is 1. The van der Waals surface area contributed by atoms with Crippen LogP contribution in [0.4, 0.5) is 5.69 Å². The molecule has 31 heavy (non-hydrogen) atoms. The summed E-state index contributed by atoms with van der Waals surface area (Å²) in [4.78, 5) is 3.07. The highest BCUT2D eigenvalue weighted by molar-refractivity contribution is 7.90. The van der Waals surface area contributed by atoms with Crippen molar-refractivity contribution in [3.05, 3.63) is 65.3 Å². The third kappa shape index (κ3) is 3.53. The highest BCUT2D eigenvalue weighted by Crippen LogP contribution is 2.41. The van der Waals surface area contributed by atoms with Gasteiger partial charge >= 0.3 is 0 Å². The third-order valence-electron chi connectivity index (χ3n) is 5.90. The molecule has 0 bridgehead atoms. The first-order valence-corrected chi connectivity index (χ1v) is 11.8. The Morgan fingerprint density at radius 3 is 2.52 bits per heavy atom. The molecular formula is C24H24ClN3O2S. The van der Waals surface area contributed by atoms with E-state index in [4.69, 9.17) is 16.3 Å². The van der Waals surface area contributed by atoms with Crippen molar-refractivity contribution in [1.82, 2.24) is 9.29 Å². The van der Waals surface area contributed by atoms with E-state index in [-0.39, 0.29) is 0 Å². The number of hydrogen-bond donors (Lipinski definition) is 1. The van der Waals surface area contributed by atoms with Gasteiger partial charge in [0.2, 0.25) is 0 Å². The number of nitrogens with one attached hydrogen (secondary N) is 1. The van der Waals surface area contributed by atoms with Crippen molar-refractivity contribution < 1.29 is 9.29 Å². The monoisotopic (exact) mass is 453 g/mol. The molecule has 4 aromatic rings. The van der Waals surface area contributed by atoms with Crippen LogP contribution in [0.15, 0.2) is 59.6 Å². The molecule has 0 amide bonds. The van der Waals surface area contributed by atoms with Gasteiger partial charge in [-0.1, -0.05) is 35.9 Å². The Bertz CT molecular complexity index is 1270. The van der Waals surface area contributed by atoms with Crippen LogP contribution in [0.3, 0.4) is 0 Å². The van der Waals surface area contributed by atoms with Gasteiger partial charge in [0.25, 0.3) is 0 Å². The van der Waals surface area contributed by atoms with Gasteiger partial charge in [0.1, 0.15) is 17.1 Å². The van der Waals surface area contributed by atoms with Gasteiger partial charge < -0.3 is 19.5 Å². The molecule has 0 saturated carbocycles. The van der Waals surface area contributed by atoms with Gasteiger partial charge in [0, 0.05) is 53.4 Å². The van der Waals surface area contributed by atoms with Gasteiger partial charge in [0.05, 0.1) is 24.5 Å². The van der Waals surface area contributed by atoms with E-state index in [2.05, 4.69) is 10.2 Å². The lowest BCUT2D eigenvalue weighted by molar-refractivity contribution is 0.417. The fourth-order valence-electron chi connectivity index (χ4n) is 4.38. The number of methoxy groups -OCH3 is 1. The van der Waals surface area contributed by atoms with E-state index < -0.39 is 11.4 Å². The predicted octanol–water partition coefficient (Wildman–Crippen LogP) is 4.75. The van der Waals surface area contributed by atoms with Gasteiger partial charge in [-0.25, -0.2) is 0 Å². The summed E-state index contributed by atoms with van der Waals surface area (Å²) in [6, 6.07) is 15.8. The van der Waals surface area contributed by atoms with Gasteiger partial charge in [-0.2, -0.15) is 3.97 Å². The van der Waals surface area contributed by atoms with Gasteiger partial charge in [-0.05, 0) is 30.7 Å². The van der Waals surface area contributed by atoms with Gasteiger partial charge in [-0.3, -0.25) is 0 Å². The summed E-state index contributed by atoms with van der Waals surface area (Å²) in [5.41, 5.74) is 2.92. The van der Waals surface area contributed by atoms with E-state index in [0.717, 1.165) is 69.8 Å². The first-order chi connectivity index (χ1) is 15.1. The van der Waals surface area contributed by atoms with E-state index in [1.807, 2.05) is 65.6 Å². The molecule has 1 saturated heterocycles. The summed E-state index contributed by atoms with van der Waals surface area (Å²) in [5, 5.41) is 6.97. The van der Waals surface area contributed by atoms with Crippen molar-refractivity contribution >= 4 is 50.3 Å². The molecule has 1 unspecified atom stereocenters. The molecule has 0 spiro atoms. The van der Waals surface area contributed by atoms with E-state index >= 15 is 0 Å². The summed E-state index contributed by atoms with van der Waals surface area (Å²) in [5.74, 6) is 0.829. The first kappa shape index (κ1) is 20.5. The number of aromatic nitrogens is 1. The maximum atomic E-state index is 14.0. The lowest BCUT2D eigenvalue weighted by Gasteiger charge is -2.31. The third-order valence-corrected chi connectivity index (χ3v) is 7.51. The molecule has 5 rings (SSSR count). The highest BCUT2D eigenvalue weighted by Gasteiger charge is 2.27. The Balaban J connectivity index is 1.74. The Labute approximate surface area is 189 Å².